The molecule has 1 unspecified atom stereocenters. The minimum absolute atomic E-state index is 0.240. The van der Waals surface area contributed by atoms with E-state index in [1.165, 1.54) is 17.2 Å². The third kappa shape index (κ3) is 3.92. The third-order valence-corrected chi connectivity index (χ3v) is 4.58. The molecule has 2 aromatic heterocycles. The first kappa shape index (κ1) is 20.7. The molecule has 1 aliphatic heterocycles. The van der Waals surface area contributed by atoms with Crippen LogP contribution in [0.3, 0.4) is 0 Å². The molecular formula is C15H22N10O4. The van der Waals surface area contributed by atoms with Crippen LogP contribution in [0.2, 0.25) is 0 Å². The molecule has 1 saturated heterocycles. The summed E-state index contributed by atoms with van der Waals surface area (Å²) in [5.41, 5.74) is 14.9. The van der Waals surface area contributed by atoms with Crippen molar-refractivity contribution in [2.45, 2.75) is 30.5 Å². The molecule has 14 heteroatoms. The first-order valence-corrected chi connectivity index (χ1v) is 8.75. The monoisotopic (exact) mass is 406 g/mol. The largest absolute Gasteiger partial charge is 0.394 e. The topological polar surface area (TPSA) is 200 Å². The Morgan fingerprint density at radius 1 is 1.52 bits per heavy atom. The average molecular weight is 406 g/mol. The van der Waals surface area contributed by atoms with Gasteiger partial charge in [-0.2, -0.15) is 0 Å². The second-order valence-electron chi connectivity index (χ2n) is 6.71. The van der Waals surface area contributed by atoms with Crippen LogP contribution < -0.4 is 16.0 Å². The number of aromatic nitrogens is 4. The van der Waals surface area contributed by atoms with E-state index in [-0.39, 0.29) is 6.54 Å². The van der Waals surface area contributed by atoms with Crippen LogP contribution in [0.4, 0.5) is 5.82 Å². The normalized spacial score (nSPS) is 24.9. The van der Waals surface area contributed by atoms with E-state index in [1.54, 1.807) is 4.90 Å². The van der Waals surface area contributed by atoms with Crippen LogP contribution in [-0.2, 0) is 9.53 Å². The van der Waals surface area contributed by atoms with E-state index in [1.807, 2.05) is 14.1 Å². The molecule has 2 aromatic rings. The fourth-order valence-electron chi connectivity index (χ4n) is 3.14. The van der Waals surface area contributed by atoms with Crippen LogP contribution in [0.25, 0.3) is 21.6 Å². The summed E-state index contributed by atoms with van der Waals surface area (Å²) < 4.78 is 7.28. The van der Waals surface area contributed by atoms with Gasteiger partial charge in [-0.05, 0) is 5.53 Å². The van der Waals surface area contributed by atoms with Gasteiger partial charge in [0.25, 0.3) is 0 Å². The highest BCUT2D eigenvalue weighted by Crippen LogP contribution is 2.32. The number of nitrogens with zero attached hydrogens (tertiary/aromatic N) is 8. The summed E-state index contributed by atoms with van der Waals surface area (Å²) in [6.45, 7) is -0.690. The fraction of sp³-hybridized carbons (Fsp3) is 0.600. The van der Waals surface area contributed by atoms with E-state index in [4.69, 9.17) is 16.0 Å². The lowest BCUT2D eigenvalue weighted by Crippen LogP contribution is -2.53. The number of hydrogen-bond acceptors (Lipinski definition) is 10. The Labute approximate surface area is 164 Å². The molecule has 1 fully saturated rings. The van der Waals surface area contributed by atoms with E-state index in [0.717, 1.165) is 0 Å². The number of azide groups is 1. The van der Waals surface area contributed by atoms with E-state index in [9.17, 15) is 15.0 Å². The van der Waals surface area contributed by atoms with Crippen molar-refractivity contribution in [3.05, 3.63) is 23.1 Å². The number of rotatable bonds is 7. The molecule has 156 valence electrons. The number of aliphatic hydroxyl groups is 2. The molecule has 29 heavy (non-hydrogen) atoms. The van der Waals surface area contributed by atoms with E-state index < -0.39 is 43.0 Å². The summed E-state index contributed by atoms with van der Waals surface area (Å²) in [7, 11) is 3.63. The second-order valence-corrected chi connectivity index (χ2v) is 6.71. The van der Waals surface area contributed by atoms with Crippen molar-refractivity contribution < 1.29 is 19.7 Å². The van der Waals surface area contributed by atoms with Crippen molar-refractivity contribution in [2.75, 3.05) is 32.1 Å². The van der Waals surface area contributed by atoms with Crippen LogP contribution in [0, 0.1) is 0 Å². The zero-order valence-corrected chi connectivity index (χ0v) is 15.8. The zero-order chi connectivity index (χ0) is 21.1. The summed E-state index contributed by atoms with van der Waals surface area (Å²) in [6.07, 6.45) is -0.252. The standard InChI is InChI=1S/C15H22N10O4/c1-24(2)12-10-13(19-5-18-12)25(6-20-10)15-11(27)9(8(4-26)29-15)22-14(28)7(16)3-21-23-17/h5-9,11,15,26-27H,3-4,16H2,1-2H3,(H,22,28)/t7?,8-,9-,11-,15-/m1/s1. The number of fused-ring (bicyclic) bond motifs is 1. The van der Waals surface area contributed by atoms with Gasteiger partial charge in [-0.3, -0.25) is 9.36 Å². The highest BCUT2D eigenvalue weighted by atomic mass is 16.5. The summed E-state index contributed by atoms with van der Waals surface area (Å²) in [6, 6.07) is -2.04. The van der Waals surface area contributed by atoms with Crippen molar-refractivity contribution in [1.29, 1.82) is 0 Å². The number of amides is 1. The van der Waals surface area contributed by atoms with E-state index in [2.05, 4.69) is 30.3 Å². The van der Waals surface area contributed by atoms with Gasteiger partial charge in [-0.15, -0.1) is 0 Å². The van der Waals surface area contributed by atoms with Crippen LogP contribution in [0.1, 0.15) is 6.23 Å². The molecular weight excluding hydrogens is 384 g/mol. The summed E-state index contributed by atoms with van der Waals surface area (Å²) >= 11 is 0. The van der Waals surface area contributed by atoms with Crippen LogP contribution in [0.15, 0.2) is 17.8 Å². The van der Waals surface area contributed by atoms with Crippen molar-refractivity contribution in [2.24, 2.45) is 10.8 Å². The number of carbonyl (C=O) groups excluding carboxylic acids is 1. The fourth-order valence-corrected chi connectivity index (χ4v) is 3.14. The molecule has 0 bridgehead atoms. The molecule has 5 N–H and O–H groups in total. The number of imidazole rings is 1. The number of aliphatic hydroxyl groups excluding tert-OH is 2. The molecule has 3 heterocycles. The Bertz CT molecular complexity index is 927. The van der Waals surface area contributed by atoms with Gasteiger partial charge in [0, 0.05) is 25.6 Å². The van der Waals surface area contributed by atoms with E-state index in [0.29, 0.717) is 17.0 Å². The molecule has 14 nitrogen and oxygen atoms in total. The predicted molar refractivity (Wildman–Crippen MR) is 101 cm³/mol. The number of nitrogens with two attached hydrogens (primary N) is 1. The maximum Gasteiger partial charge on any atom is 0.237 e. The van der Waals surface area contributed by atoms with Gasteiger partial charge in [-0.25, -0.2) is 15.0 Å². The van der Waals surface area contributed by atoms with Gasteiger partial charge in [0.15, 0.2) is 23.2 Å². The first-order chi connectivity index (χ1) is 13.9. The lowest BCUT2D eigenvalue weighted by Gasteiger charge is -2.22. The Morgan fingerprint density at radius 3 is 2.93 bits per heavy atom. The Hall–Kier alpha value is -3.03. The van der Waals surface area contributed by atoms with Gasteiger partial charge in [0.2, 0.25) is 5.91 Å². The molecule has 1 aliphatic rings. The van der Waals surface area contributed by atoms with Crippen molar-refractivity contribution >= 4 is 22.9 Å². The minimum Gasteiger partial charge on any atom is -0.394 e. The third-order valence-electron chi connectivity index (χ3n) is 4.58. The number of hydrogen-bond donors (Lipinski definition) is 4. The van der Waals surface area contributed by atoms with Gasteiger partial charge in [0.05, 0.1) is 25.0 Å². The van der Waals surface area contributed by atoms with Gasteiger partial charge in [0.1, 0.15) is 18.5 Å². The highest BCUT2D eigenvalue weighted by molar-refractivity contribution is 5.83. The number of carbonyl (C=O) groups is 1. The summed E-state index contributed by atoms with van der Waals surface area (Å²) in [5.74, 6) is -0.0503. The van der Waals surface area contributed by atoms with Crippen LogP contribution in [-0.4, -0.2) is 87.2 Å². The number of nitrogens with one attached hydrogen (secondary N) is 1. The Kier molecular flexibility index (Phi) is 6.10. The Morgan fingerprint density at radius 2 is 2.28 bits per heavy atom. The van der Waals surface area contributed by atoms with Crippen molar-refractivity contribution in [3.63, 3.8) is 0 Å². The van der Waals surface area contributed by atoms with E-state index >= 15 is 0 Å². The maximum atomic E-state index is 12.2. The molecule has 0 radical (unpaired) electrons. The van der Waals surface area contributed by atoms with Gasteiger partial charge >= 0.3 is 0 Å². The number of anilines is 1. The quantitative estimate of drug-likeness (QED) is 0.234. The predicted octanol–water partition coefficient (Wildman–Crippen LogP) is -1.73. The van der Waals surface area contributed by atoms with Crippen molar-refractivity contribution in [1.82, 2.24) is 24.8 Å². The second kappa shape index (κ2) is 8.55. The molecule has 3 rings (SSSR count). The van der Waals surface area contributed by atoms with Crippen molar-refractivity contribution in [3.8, 4) is 0 Å². The first-order valence-electron chi connectivity index (χ1n) is 8.75. The summed E-state index contributed by atoms with van der Waals surface area (Å²) in [5, 5.41) is 26.3. The minimum atomic E-state index is -1.22. The molecule has 0 saturated carbocycles. The molecule has 5 atom stereocenters. The van der Waals surface area contributed by atoms with Gasteiger partial charge in [-0.1, -0.05) is 5.11 Å². The lowest BCUT2D eigenvalue weighted by molar-refractivity contribution is -0.123. The lowest BCUT2D eigenvalue weighted by atomic mass is 10.1. The molecule has 0 aliphatic carbocycles. The maximum absolute atomic E-state index is 12.2. The average Bonchev–Trinajstić information content (AvgIpc) is 3.27. The molecule has 0 aromatic carbocycles. The van der Waals surface area contributed by atoms with Crippen LogP contribution >= 0.6 is 0 Å². The zero-order valence-electron chi connectivity index (χ0n) is 15.8. The Balaban J connectivity index is 1.85. The molecule has 0 spiro atoms. The number of ether oxygens (including phenoxy) is 1. The SMILES string of the molecule is CN(C)c1ncnc2c1ncn2[C@@H]1O[C@H](CO)[C@@H](NC(=O)C(N)CN=[N+]=[N-])[C@H]1O. The highest BCUT2D eigenvalue weighted by Gasteiger charge is 2.46. The molecule has 1 amide bonds. The smallest absolute Gasteiger partial charge is 0.237 e. The van der Waals surface area contributed by atoms with Crippen LogP contribution in [0.5, 0.6) is 0 Å². The van der Waals surface area contributed by atoms with Gasteiger partial charge < -0.3 is 30.9 Å². The summed E-state index contributed by atoms with van der Waals surface area (Å²) in [4.78, 5) is 29.3.